The number of para-hydroxylation sites is 1. The molecule has 6 heteroatoms. The lowest BCUT2D eigenvalue weighted by atomic mass is 10.1. The Kier molecular flexibility index (Phi) is 5.31. The van der Waals surface area contributed by atoms with Crippen molar-refractivity contribution >= 4 is 17.3 Å². The number of hydrogen-bond acceptors (Lipinski definition) is 6. The van der Waals surface area contributed by atoms with Gasteiger partial charge in [-0.05, 0) is 43.2 Å². The Hall–Kier alpha value is -3.15. The van der Waals surface area contributed by atoms with Crippen molar-refractivity contribution in [3.63, 3.8) is 0 Å². The summed E-state index contributed by atoms with van der Waals surface area (Å²) in [6.07, 6.45) is 0.642. The molecular formula is C20H21N3O3. The van der Waals surface area contributed by atoms with Crippen molar-refractivity contribution in [1.82, 2.24) is 10.2 Å². The first-order valence-corrected chi connectivity index (χ1v) is 8.49. The molecule has 1 heterocycles. The van der Waals surface area contributed by atoms with E-state index in [9.17, 15) is 4.79 Å². The predicted molar refractivity (Wildman–Crippen MR) is 98.4 cm³/mol. The topological polar surface area (TPSA) is 77.2 Å². The fourth-order valence-corrected chi connectivity index (χ4v) is 2.50. The van der Waals surface area contributed by atoms with E-state index in [1.54, 1.807) is 12.1 Å². The van der Waals surface area contributed by atoms with Crippen molar-refractivity contribution in [3.05, 3.63) is 70.9 Å². The molecule has 2 aromatic carbocycles. The fraction of sp³-hybridized carbons (Fsp3) is 0.250. The van der Waals surface area contributed by atoms with Crippen LogP contribution in [0, 0.1) is 13.8 Å². The molecule has 0 atom stereocenters. The Morgan fingerprint density at radius 3 is 2.54 bits per heavy atom. The number of benzene rings is 2. The number of aryl methyl sites for hydroxylation is 2. The Labute approximate surface area is 152 Å². The van der Waals surface area contributed by atoms with Crippen LogP contribution in [0.15, 0.2) is 46.9 Å². The van der Waals surface area contributed by atoms with Crippen LogP contribution in [0.25, 0.3) is 0 Å². The van der Waals surface area contributed by atoms with Gasteiger partial charge in [-0.1, -0.05) is 31.2 Å². The Morgan fingerprint density at radius 2 is 1.77 bits per heavy atom. The second-order valence-electron chi connectivity index (χ2n) is 5.94. The van der Waals surface area contributed by atoms with Gasteiger partial charge < -0.3 is 14.5 Å². The second kappa shape index (κ2) is 7.82. The standard InChI is InChI=1S/C20H21N3O3/c1-4-18-22-23-19(26-18)12-25-20(24)15-9-5-6-10-17(15)21-16-11-7-8-13(2)14(16)3/h5-11,21H,4,12H2,1-3H3. The van der Waals surface area contributed by atoms with Gasteiger partial charge in [-0.25, -0.2) is 4.79 Å². The highest BCUT2D eigenvalue weighted by Crippen LogP contribution is 2.25. The van der Waals surface area contributed by atoms with Gasteiger partial charge in [0.2, 0.25) is 5.89 Å². The van der Waals surface area contributed by atoms with Crippen molar-refractivity contribution in [2.75, 3.05) is 5.32 Å². The van der Waals surface area contributed by atoms with E-state index in [0.29, 0.717) is 23.6 Å². The number of nitrogens with zero attached hydrogens (tertiary/aromatic N) is 2. The number of rotatable bonds is 6. The third-order valence-electron chi connectivity index (χ3n) is 4.16. The molecule has 0 amide bonds. The first-order chi connectivity index (χ1) is 12.6. The Bertz CT molecular complexity index is 918. The number of hydrogen-bond donors (Lipinski definition) is 1. The van der Waals surface area contributed by atoms with Crippen molar-refractivity contribution in [3.8, 4) is 0 Å². The third kappa shape index (κ3) is 3.91. The molecule has 1 aromatic heterocycles. The zero-order valence-corrected chi connectivity index (χ0v) is 15.1. The molecule has 0 aliphatic carbocycles. The van der Waals surface area contributed by atoms with Crippen molar-refractivity contribution in [2.24, 2.45) is 0 Å². The van der Waals surface area contributed by atoms with Crippen LogP contribution in [0.5, 0.6) is 0 Å². The number of aromatic nitrogens is 2. The molecule has 0 saturated heterocycles. The lowest BCUT2D eigenvalue weighted by molar-refractivity contribution is 0.0437. The Balaban J connectivity index is 1.75. The van der Waals surface area contributed by atoms with Crippen LogP contribution < -0.4 is 5.32 Å². The maximum absolute atomic E-state index is 12.5. The van der Waals surface area contributed by atoms with E-state index in [1.807, 2.05) is 38.1 Å². The smallest absolute Gasteiger partial charge is 0.340 e. The third-order valence-corrected chi connectivity index (χ3v) is 4.16. The van der Waals surface area contributed by atoms with E-state index in [2.05, 4.69) is 28.5 Å². The van der Waals surface area contributed by atoms with E-state index < -0.39 is 5.97 Å². The summed E-state index contributed by atoms with van der Waals surface area (Å²) in [5.41, 5.74) is 4.40. The van der Waals surface area contributed by atoms with Gasteiger partial charge in [-0.3, -0.25) is 0 Å². The van der Waals surface area contributed by atoms with Gasteiger partial charge in [0.15, 0.2) is 6.61 Å². The largest absolute Gasteiger partial charge is 0.452 e. The van der Waals surface area contributed by atoms with Crippen LogP contribution in [-0.2, 0) is 17.8 Å². The fourth-order valence-electron chi connectivity index (χ4n) is 2.50. The lowest BCUT2D eigenvalue weighted by Gasteiger charge is -2.14. The van der Waals surface area contributed by atoms with Crippen molar-refractivity contribution < 1.29 is 13.9 Å². The molecule has 0 saturated carbocycles. The molecule has 3 rings (SSSR count). The highest BCUT2D eigenvalue weighted by molar-refractivity contribution is 5.96. The first-order valence-electron chi connectivity index (χ1n) is 8.49. The maximum atomic E-state index is 12.5. The predicted octanol–water partition coefficient (Wildman–Crippen LogP) is 4.35. The number of anilines is 2. The Morgan fingerprint density at radius 1 is 1.04 bits per heavy atom. The van der Waals surface area contributed by atoms with Crippen LogP contribution in [-0.4, -0.2) is 16.2 Å². The second-order valence-corrected chi connectivity index (χ2v) is 5.94. The van der Waals surface area contributed by atoms with Gasteiger partial charge in [0.05, 0.1) is 11.3 Å². The van der Waals surface area contributed by atoms with Crippen molar-refractivity contribution in [1.29, 1.82) is 0 Å². The van der Waals surface area contributed by atoms with Gasteiger partial charge in [0.25, 0.3) is 5.89 Å². The minimum Gasteiger partial charge on any atom is -0.452 e. The van der Waals surface area contributed by atoms with Gasteiger partial charge in [-0.2, -0.15) is 0 Å². The normalized spacial score (nSPS) is 10.6. The average Bonchev–Trinajstić information content (AvgIpc) is 3.12. The molecule has 3 aromatic rings. The molecule has 0 fully saturated rings. The highest BCUT2D eigenvalue weighted by atomic mass is 16.5. The number of ether oxygens (including phenoxy) is 1. The minimum absolute atomic E-state index is 0.0519. The van der Waals surface area contributed by atoms with Crippen LogP contribution >= 0.6 is 0 Å². The molecule has 1 N–H and O–H groups in total. The molecule has 0 aliphatic rings. The summed E-state index contributed by atoms with van der Waals surface area (Å²) >= 11 is 0. The summed E-state index contributed by atoms with van der Waals surface area (Å²) in [5, 5.41) is 11.0. The summed E-state index contributed by atoms with van der Waals surface area (Å²) in [6.45, 7) is 5.96. The van der Waals surface area contributed by atoms with E-state index in [1.165, 1.54) is 5.56 Å². The van der Waals surface area contributed by atoms with Crippen LogP contribution in [0.4, 0.5) is 11.4 Å². The molecule has 0 spiro atoms. The van der Waals surface area contributed by atoms with Gasteiger partial charge in [-0.15, -0.1) is 10.2 Å². The number of carbonyl (C=O) groups is 1. The molecular weight excluding hydrogens is 330 g/mol. The van der Waals surface area contributed by atoms with Gasteiger partial charge in [0, 0.05) is 12.1 Å². The number of esters is 1. The molecule has 0 bridgehead atoms. The average molecular weight is 351 g/mol. The molecule has 0 radical (unpaired) electrons. The molecule has 0 aliphatic heterocycles. The summed E-state index contributed by atoms with van der Waals surface area (Å²) in [6, 6.07) is 13.3. The lowest BCUT2D eigenvalue weighted by Crippen LogP contribution is -2.09. The molecule has 26 heavy (non-hydrogen) atoms. The van der Waals surface area contributed by atoms with E-state index >= 15 is 0 Å². The van der Waals surface area contributed by atoms with Crippen LogP contribution in [0.3, 0.4) is 0 Å². The maximum Gasteiger partial charge on any atom is 0.340 e. The summed E-state index contributed by atoms with van der Waals surface area (Å²) in [7, 11) is 0. The van der Waals surface area contributed by atoms with E-state index in [-0.39, 0.29) is 12.5 Å². The SMILES string of the molecule is CCc1nnc(COC(=O)c2ccccc2Nc2cccc(C)c2C)o1. The zero-order chi connectivity index (χ0) is 18.5. The molecule has 0 unspecified atom stereocenters. The van der Waals surface area contributed by atoms with Gasteiger partial charge >= 0.3 is 5.97 Å². The summed E-state index contributed by atoms with van der Waals surface area (Å²) in [5.74, 6) is 0.359. The van der Waals surface area contributed by atoms with Crippen LogP contribution in [0.1, 0.15) is 40.2 Å². The zero-order valence-electron chi connectivity index (χ0n) is 15.1. The highest BCUT2D eigenvalue weighted by Gasteiger charge is 2.15. The van der Waals surface area contributed by atoms with Crippen molar-refractivity contribution in [2.45, 2.75) is 33.8 Å². The summed E-state index contributed by atoms with van der Waals surface area (Å²) in [4.78, 5) is 12.5. The molecule has 6 nitrogen and oxygen atoms in total. The van der Waals surface area contributed by atoms with E-state index in [0.717, 1.165) is 11.3 Å². The monoisotopic (exact) mass is 351 g/mol. The summed E-state index contributed by atoms with van der Waals surface area (Å²) < 4.78 is 10.7. The molecule has 134 valence electrons. The first kappa shape index (κ1) is 17.7. The van der Waals surface area contributed by atoms with Crippen LogP contribution in [0.2, 0.25) is 0 Å². The quantitative estimate of drug-likeness (QED) is 0.665. The minimum atomic E-state index is -0.449. The number of nitrogens with one attached hydrogen (secondary N) is 1. The number of carbonyl (C=O) groups excluding carboxylic acids is 1. The van der Waals surface area contributed by atoms with E-state index in [4.69, 9.17) is 9.15 Å². The van der Waals surface area contributed by atoms with Gasteiger partial charge in [0.1, 0.15) is 0 Å².